The van der Waals surface area contributed by atoms with E-state index in [9.17, 15) is 9.59 Å². The number of carbonyl (C=O) groups excluding carboxylic acids is 2. The minimum absolute atomic E-state index is 0.163. The second-order valence-corrected chi connectivity index (χ2v) is 10.0. The number of nitrogens with zero attached hydrogens (tertiary/aromatic N) is 1. The summed E-state index contributed by atoms with van der Waals surface area (Å²) in [6.45, 7) is 6.98. The van der Waals surface area contributed by atoms with E-state index in [0.29, 0.717) is 26.4 Å². The van der Waals surface area contributed by atoms with Gasteiger partial charge in [-0.15, -0.1) is 0 Å². The molecule has 1 aliphatic rings. The fraction of sp³-hybridized carbons (Fsp3) is 0.333. The molecule has 0 aromatic heterocycles. The predicted molar refractivity (Wildman–Crippen MR) is 141 cm³/mol. The van der Waals surface area contributed by atoms with Gasteiger partial charge in [-0.2, -0.15) is 0 Å². The van der Waals surface area contributed by atoms with Crippen molar-refractivity contribution in [3.8, 4) is 5.75 Å². The van der Waals surface area contributed by atoms with E-state index in [0.717, 1.165) is 22.4 Å². The smallest absolute Gasteiger partial charge is 0.408 e. The van der Waals surface area contributed by atoms with Crippen LogP contribution in [0, 0.1) is 0 Å². The van der Waals surface area contributed by atoms with Gasteiger partial charge < -0.3 is 24.4 Å². The van der Waals surface area contributed by atoms with Crippen LogP contribution in [0.1, 0.15) is 43.5 Å². The summed E-state index contributed by atoms with van der Waals surface area (Å²) in [4.78, 5) is 26.9. The van der Waals surface area contributed by atoms with Crippen LogP contribution in [0.3, 0.4) is 0 Å². The molecule has 37 heavy (non-hydrogen) atoms. The van der Waals surface area contributed by atoms with Gasteiger partial charge in [0.15, 0.2) is 0 Å². The number of hydrogen-bond acceptors (Lipinski definition) is 5. The van der Waals surface area contributed by atoms with Gasteiger partial charge in [0.25, 0.3) is 0 Å². The van der Waals surface area contributed by atoms with Gasteiger partial charge in [-0.1, -0.05) is 72.8 Å². The van der Waals surface area contributed by atoms with Gasteiger partial charge >= 0.3 is 6.09 Å². The van der Waals surface area contributed by atoms with Crippen LogP contribution >= 0.6 is 0 Å². The number of ether oxygens (including phenoxy) is 3. The fourth-order valence-electron chi connectivity index (χ4n) is 4.05. The zero-order valence-electron chi connectivity index (χ0n) is 21.6. The van der Waals surface area contributed by atoms with Crippen LogP contribution in [0.15, 0.2) is 84.9 Å². The first-order chi connectivity index (χ1) is 17.8. The molecule has 7 heteroatoms. The number of alkyl carbamates (subject to hydrolysis) is 1. The van der Waals surface area contributed by atoms with Crippen molar-refractivity contribution in [1.29, 1.82) is 0 Å². The number of likely N-dealkylation sites (tertiary alicyclic amines) is 1. The number of β-lactam (4-membered cyclic amide) rings is 1. The molecule has 3 aromatic carbocycles. The quantitative estimate of drug-likeness (QED) is 0.383. The van der Waals surface area contributed by atoms with Gasteiger partial charge in [0.1, 0.15) is 24.0 Å². The van der Waals surface area contributed by atoms with E-state index < -0.39 is 17.7 Å². The topological polar surface area (TPSA) is 77.1 Å². The lowest BCUT2D eigenvalue weighted by Gasteiger charge is -2.43. The third-order valence-electron chi connectivity index (χ3n) is 5.93. The summed E-state index contributed by atoms with van der Waals surface area (Å²) < 4.78 is 17.2. The largest absolute Gasteiger partial charge is 0.489 e. The Morgan fingerprint density at radius 2 is 1.51 bits per heavy atom. The third-order valence-corrected chi connectivity index (χ3v) is 5.93. The van der Waals surface area contributed by atoms with Crippen LogP contribution < -0.4 is 10.1 Å². The van der Waals surface area contributed by atoms with Crippen molar-refractivity contribution in [3.63, 3.8) is 0 Å². The highest BCUT2D eigenvalue weighted by molar-refractivity contribution is 5.91. The van der Waals surface area contributed by atoms with Gasteiger partial charge in [-0.3, -0.25) is 4.79 Å². The highest BCUT2D eigenvalue weighted by atomic mass is 16.6. The molecular formula is C30H34N2O5. The Hall–Kier alpha value is -3.84. The zero-order valence-corrected chi connectivity index (χ0v) is 21.6. The minimum Gasteiger partial charge on any atom is -0.489 e. The molecule has 1 fully saturated rings. The highest BCUT2D eigenvalue weighted by Crippen LogP contribution is 2.29. The second kappa shape index (κ2) is 11.9. The standard InChI is InChI=1S/C30H34N2O5/c1-30(2,3)37-29(34)31-26-18-32(28(26)33)27(21-35-19-22-10-6-4-7-11-22)24-14-16-25(17-15-24)36-20-23-12-8-5-9-13-23/h4-17,26-27H,18-21H2,1-3H3,(H,31,34). The van der Waals surface area contributed by atoms with E-state index in [1.165, 1.54) is 0 Å². The Balaban J connectivity index is 1.40. The Kier molecular flexibility index (Phi) is 8.46. The van der Waals surface area contributed by atoms with Crippen LogP contribution in [0.5, 0.6) is 5.75 Å². The SMILES string of the molecule is CC(C)(C)OC(=O)NC1CN(C(COCc2ccccc2)c2ccc(OCc3ccccc3)cc2)C1=O. The van der Waals surface area contributed by atoms with Crippen LogP contribution in [-0.2, 0) is 27.5 Å². The lowest BCUT2D eigenvalue weighted by molar-refractivity contribution is -0.149. The molecule has 3 aromatic rings. The molecule has 2 atom stereocenters. The van der Waals surface area contributed by atoms with Gasteiger partial charge in [0.05, 0.1) is 25.8 Å². The lowest BCUT2D eigenvalue weighted by Crippen LogP contribution is -2.65. The first-order valence-electron chi connectivity index (χ1n) is 12.5. The average Bonchev–Trinajstić information content (AvgIpc) is 2.88. The van der Waals surface area contributed by atoms with E-state index >= 15 is 0 Å². The summed E-state index contributed by atoms with van der Waals surface area (Å²) in [6, 6.07) is 26.7. The molecule has 0 bridgehead atoms. The number of carbonyl (C=O) groups is 2. The molecule has 2 amide bonds. The minimum atomic E-state index is -0.630. The summed E-state index contributed by atoms with van der Waals surface area (Å²) in [7, 11) is 0. The van der Waals surface area contributed by atoms with E-state index in [4.69, 9.17) is 14.2 Å². The van der Waals surface area contributed by atoms with E-state index in [1.54, 1.807) is 25.7 Å². The van der Waals surface area contributed by atoms with Crippen molar-refractivity contribution in [2.24, 2.45) is 0 Å². The van der Waals surface area contributed by atoms with Crippen molar-refractivity contribution in [1.82, 2.24) is 10.2 Å². The number of nitrogens with one attached hydrogen (secondary N) is 1. The molecule has 0 radical (unpaired) electrons. The summed E-state index contributed by atoms with van der Waals surface area (Å²) in [6.07, 6.45) is -0.595. The number of hydrogen-bond donors (Lipinski definition) is 1. The van der Waals surface area contributed by atoms with Crippen LogP contribution in [0.2, 0.25) is 0 Å². The van der Waals surface area contributed by atoms with Crippen LogP contribution in [0.25, 0.3) is 0 Å². The van der Waals surface area contributed by atoms with E-state index in [-0.39, 0.29) is 11.9 Å². The number of amides is 2. The molecule has 1 heterocycles. The fourth-order valence-corrected chi connectivity index (χ4v) is 4.05. The Bertz CT molecular complexity index is 1160. The van der Waals surface area contributed by atoms with Crippen molar-refractivity contribution in [2.75, 3.05) is 13.2 Å². The van der Waals surface area contributed by atoms with Gasteiger partial charge in [0, 0.05) is 0 Å². The van der Waals surface area contributed by atoms with E-state index in [1.807, 2.05) is 84.9 Å². The summed E-state index contributed by atoms with van der Waals surface area (Å²) in [5.41, 5.74) is 2.46. The van der Waals surface area contributed by atoms with Crippen molar-refractivity contribution in [3.05, 3.63) is 102 Å². The number of rotatable bonds is 10. The predicted octanol–water partition coefficient (Wildman–Crippen LogP) is 5.26. The van der Waals surface area contributed by atoms with Crippen molar-refractivity contribution < 1.29 is 23.8 Å². The number of benzene rings is 3. The molecule has 0 saturated carbocycles. The van der Waals surface area contributed by atoms with Crippen molar-refractivity contribution in [2.45, 2.75) is 51.7 Å². The average molecular weight is 503 g/mol. The molecule has 7 nitrogen and oxygen atoms in total. The summed E-state index contributed by atoms with van der Waals surface area (Å²) >= 11 is 0. The molecule has 0 aliphatic carbocycles. The lowest BCUT2D eigenvalue weighted by atomic mass is 9.98. The van der Waals surface area contributed by atoms with Crippen LogP contribution in [0.4, 0.5) is 4.79 Å². The Labute approximate surface area is 218 Å². The molecule has 1 aliphatic heterocycles. The van der Waals surface area contributed by atoms with Gasteiger partial charge in [0.2, 0.25) is 5.91 Å². The maximum atomic E-state index is 13.0. The third kappa shape index (κ3) is 7.57. The van der Waals surface area contributed by atoms with Crippen molar-refractivity contribution >= 4 is 12.0 Å². The first kappa shape index (κ1) is 26.2. The van der Waals surface area contributed by atoms with Gasteiger partial charge in [-0.05, 0) is 49.6 Å². The highest BCUT2D eigenvalue weighted by Gasteiger charge is 2.43. The molecule has 1 saturated heterocycles. The molecule has 4 rings (SSSR count). The van der Waals surface area contributed by atoms with Gasteiger partial charge in [-0.25, -0.2) is 4.79 Å². The Morgan fingerprint density at radius 3 is 2.08 bits per heavy atom. The zero-order chi connectivity index (χ0) is 26.3. The maximum absolute atomic E-state index is 13.0. The molecule has 1 N–H and O–H groups in total. The molecule has 194 valence electrons. The molecular weight excluding hydrogens is 468 g/mol. The monoisotopic (exact) mass is 502 g/mol. The summed E-state index contributed by atoms with van der Waals surface area (Å²) in [5, 5.41) is 2.67. The molecule has 0 spiro atoms. The molecule has 2 unspecified atom stereocenters. The maximum Gasteiger partial charge on any atom is 0.408 e. The first-order valence-corrected chi connectivity index (χ1v) is 12.5. The Morgan fingerprint density at radius 1 is 0.919 bits per heavy atom. The normalized spacial score (nSPS) is 16.0. The second-order valence-electron chi connectivity index (χ2n) is 10.0. The van der Waals surface area contributed by atoms with Crippen LogP contribution in [-0.4, -0.2) is 41.7 Å². The van der Waals surface area contributed by atoms with E-state index in [2.05, 4.69) is 5.32 Å². The summed E-state index contributed by atoms with van der Waals surface area (Å²) in [5.74, 6) is 0.583.